The largest absolute Gasteiger partial charge is 0.458 e. The maximum Gasteiger partial charge on any atom is 0.316 e. The van der Waals surface area contributed by atoms with Gasteiger partial charge in [0.05, 0.1) is 0 Å². The van der Waals surface area contributed by atoms with Gasteiger partial charge >= 0.3 is 6.01 Å². The van der Waals surface area contributed by atoms with Gasteiger partial charge in [-0.3, -0.25) is 4.90 Å². The first-order valence-corrected chi connectivity index (χ1v) is 7.85. The molecule has 0 unspecified atom stereocenters. The van der Waals surface area contributed by atoms with E-state index in [-0.39, 0.29) is 6.10 Å². The first-order valence-electron chi connectivity index (χ1n) is 7.85. The van der Waals surface area contributed by atoms with E-state index in [9.17, 15) is 0 Å². The summed E-state index contributed by atoms with van der Waals surface area (Å²) >= 11 is 0. The zero-order valence-electron chi connectivity index (χ0n) is 12.5. The molecule has 0 saturated carbocycles. The predicted molar refractivity (Wildman–Crippen MR) is 85.5 cm³/mol. The van der Waals surface area contributed by atoms with E-state index in [1.54, 1.807) is 12.4 Å². The SMILES string of the molecule is Nc1cccc(-c2cnc(O[C@@H]3CN4CCC3CC4)nc2)c1. The summed E-state index contributed by atoms with van der Waals surface area (Å²) in [4.78, 5) is 11.2. The van der Waals surface area contributed by atoms with Crippen molar-refractivity contribution in [2.45, 2.75) is 18.9 Å². The molecular formula is C17H20N4O. The van der Waals surface area contributed by atoms with Gasteiger partial charge in [0.25, 0.3) is 0 Å². The second-order valence-corrected chi connectivity index (χ2v) is 6.17. The van der Waals surface area contributed by atoms with E-state index < -0.39 is 0 Å². The molecule has 3 aliphatic rings. The van der Waals surface area contributed by atoms with Gasteiger partial charge in [-0.1, -0.05) is 12.1 Å². The topological polar surface area (TPSA) is 64.3 Å². The van der Waals surface area contributed by atoms with E-state index in [4.69, 9.17) is 10.5 Å². The van der Waals surface area contributed by atoms with Gasteiger partial charge in [0.15, 0.2) is 0 Å². The van der Waals surface area contributed by atoms with Gasteiger partial charge < -0.3 is 10.5 Å². The molecule has 1 aromatic carbocycles. The highest BCUT2D eigenvalue weighted by atomic mass is 16.5. The fourth-order valence-electron chi connectivity index (χ4n) is 3.42. The van der Waals surface area contributed by atoms with Crippen molar-refractivity contribution in [2.24, 2.45) is 5.92 Å². The fourth-order valence-corrected chi connectivity index (χ4v) is 3.42. The number of nitrogens with zero attached hydrogens (tertiary/aromatic N) is 3. The van der Waals surface area contributed by atoms with Crippen molar-refractivity contribution >= 4 is 5.69 Å². The van der Waals surface area contributed by atoms with Crippen LogP contribution in [0, 0.1) is 5.92 Å². The van der Waals surface area contributed by atoms with E-state index in [0.29, 0.717) is 11.9 Å². The van der Waals surface area contributed by atoms with Crippen molar-refractivity contribution in [2.75, 3.05) is 25.4 Å². The fraction of sp³-hybridized carbons (Fsp3) is 0.412. The van der Waals surface area contributed by atoms with Crippen molar-refractivity contribution in [3.63, 3.8) is 0 Å². The number of rotatable bonds is 3. The number of nitrogens with two attached hydrogens (primary N) is 1. The Kier molecular flexibility index (Phi) is 3.42. The molecule has 1 atom stereocenters. The van der Waals surface area contributed by atoms with Crippen molar-refractivity contribution < 1.29 is 4.74 Å². The number of hydrogen-bond acceptors (Lipinski definition) is 5. The Morgan fingerprint density at radius 2 is 1.86 bits per heavy atom. The third-order valence-corrected chi connectivity index (χ3v) is 4.70. The lowest BCUT2D eigenvalue weighted by molar-refractivity contribution is -0.0123. The summed E-state index contributed by atoms with van der Waals surface area (Å²) in [6, 6.07) is 8.21. The zero-order chi connectivity index (χ0) is 14.9. The third kappa shape index (κ3) is 2.64. The van der Waals surface area contributed by atoms with Crippen LogP contribution in [-0.2, 0) is 0 Å². The van der Waals surface area contributed by atoms with Gasteiger partial charge in [-0.25, -0.2) is 9.97 Å². The molecule has 3 fully saturated rings. The number of piperidine rings is 3. The van der Waals surface area contributed by atoms with Gasteiger partial charge in [0.2, 0.25) is 0 Å². The molecule has 114 valence electrons. The van der Waals surface area contributed by atoms with Crippen molar-refractivity contribution in [3.05, 3.63) is 36.7 Å². The van der Waals surface area contributed by atoms with Crippen LogP contribution in [0.2, 0.25) is 0 Å². The number of fused-ring (bicyclic) bond motifs is 3. The molecule has 1 aromatic heterocycles. The highest BCUT2D eigenvalue weighted by molar-refractivity contribution is 5.65. The molecule has 5 heteroatoms. The molecule has 22 heavy (non-hydrogen) atoms. The number of ether oxygens (including phenoxy) is 1. The molecule has 0 radical (unpaired) electrons. The van der Waals surface area contributed by atoms with Crippen molar-refractivity contribution in [3.8, 4) is 17.1 Å². The standard InChI is InChI=1S/C17H20N4O/c18-15-3-1-2-13(8-15)14-9-19-17(20-10-14)22-16-11-21-6-4-12(16)5-7-21/h1-3,8-10,12,16H,4-7,11,18H2/t16-/m1/s1. The third-order valence-electron chi connectivity index (χ3n) is 4.70. The first-order chi connectivity index (χ1) is 10.8. The normalized spacial score (nSPS) is 26.8. The highest BCUT2D eigenvalue weighted by Gasteiger charge is 2.35. The minimum Gasteiger partial charge on any atom is -0.458 e. The summed E-state index contributed by atoms with van der Waals surface area (Å²) in [5, 5.41) is 0. The molecule has 2 bridgehead atoms. The zero-order valence-corrected chi connectivity index (χ0v) is 12.5. The van der Waals surface area contributed by atoms with E-state index in [0.717, 1.165) is 23.4 Å². The Bertz CT molecular complexity index is 650. The average Bonchev–Trinajstić information content (AvgIpc) is 2.57. The number of aromatic nitrogens is 2. The number of hydrogen-bond donors (Lipinski definition) is 1. The Balaban J connectivity index is 1.48. The lowest BCUT2D eigenvalue weighted by Gasteiger charge is -2.43. The monoisotopic (exact) mass is 296 g/mol. The van der Waals surface area contributed by atoms with Crippen molar-refractivity contribution in [1.29, 1.82) is 0 Å². The minimum atomic E-state index is 0.237. The molecule has 2 N–H and O–H groups in total. The second-order valence-electron chi connectivity index (χ2n) is 6.17. The summed E-state index contributed by atoms with van der Waals surface area (Å²) < 4.78 is 6.02. The van der Waals surface area contributed by atoms with Crippen LogP contribution in [0.15, 0.2) is 36.7 Å². The second kappa shape index (κ2) is 5.57. The van der Waals surface area contributed by atoms with Gasteiger partial charge in [-0.15, -0.1) is 0 Å². The summed E-state index contributed by atoms with van der Waals surface area (Å²) in [6.07, 6.45) is 6.30. The summed E-state index contributed by atoms with van der Waals surface area (Å²) in [6.45, 7) is 3.42. The van der Waals surface area contributed by atoms with Gasteiger partial charge in [-0.05, 0) is 49.5 Å². The molecule has 0 aliphatic carbocycles. The average molecular weight is 296 g/mol. The molecule has 3 saturated heterocycles. The number of anilines is 1. The van der Waals surface area contributed by atoms with Crippen LogP contribution in [0.1, 0.15) is 12.8 Å². The predicted octanol–water partition coefficient (Wildman–Crippen LogP) is 2.20. The molecule has 5 rings (SSSR count). The molecule has 0 amide bonds. The lowest BCUT2D eigenvalue weighted by Crippen LogP contribution is -2.52. The molecular weight excluding hydrogens is 276 g/mol. The van der Waals surface area contributed by atoms with E-state index >= 15 is 0 Å². The first kappa shape index (κ1) is 13.5. The van der Waals surface area contributed by atoms with Crippen molar-refractivity contribution in [1.82, 2.24) is 14.9 Å². The number of benzene rings is 1. The van der Waals surface area contributed by atoms with E-state index in [1.165, 1.54) is 25.9 Å². The molecule has 4 heterocycles. The molecule has 2 aromatic rings. The maximum atomic E-state index is 6.02. The van der Waals surface area contributed by atoms with Gasteiger partial charge in [0, 0.05) is 30.2 Å². The summed E-state index contributed by atoms with van der Waals surface area (Å²) in [5.41, 5.74) is 8.53. The van der Waals surface area contributed by atoms with Crippen LogP contribution < -0.4 is 10.5 Å². The highest BCUT2D eigenvalue weighted by Crippen LogP contribution is 2.30. The van der Waals surface area contributed by atoms with Crippen LogP contribution in [0.3, 0.4) is 0 Å². The van der Waals surface area contributed by atoms with Gasteiger partial charge in [-0.2, -0.15) is 0 Å². The summed E-state index contributed by atoms with van der Waals surface area (Å²) in [7, 11) is 0. The molecule has 3 aliphatic heterocycles. The minimum absolute atomic E-state index is 0.237. The Labute approximate surface area is 130 Å². The van der Waals surface area contributed by atoms with Crippen LogP contribution in [-0.4, -0.2) is 40.6 Å². The van der Waals surface area contributed by atoms with Crippen LogP contribution in [0.4, 0.5) is 5.69 Å². The van der Waals surface area contributed by atoms with Crippen LogP contribution in [0.5, 0.6) is 6.01 Å². The Morgan fingerprint density at radius 1 is 1.09 bits per heavy atom. The van der Waals surface area contributed by atoms with Gasteiger partial charge in [0.1, 0.15) is 6.10 Å². The molecule has 0 spiro atoms. The Hall–Kier alpha value is -2.14. The summed E-state index contributed by atoms with van der Waals surface area (Å²) in [5.74, 6) is 0.655. The number of nitrogen functional groups attached to an aromatic ring is 1. The maximum absolute atomic E-state index is 6.02. The van der Waals surface area contributed by atoms with Crippen LogP contribution in [0.25, 0.3) is 11.1 Å². The Morgan fingerprint density at radius 3 is 2.50 bits per heavy atom. The quantitative estimate of drug-likeness (QED) is 0.880. The lowest BCUT2D eigenvalue weighted by atomic mass is 9.86. The molecule has 5 nitrogen and oxygen atoms in total. The van der Waals surface area contributed by atoms with Crippen LogP contribution >= 0.6 is 0 Å². The smallest absolute Gasteiger partial charge is 0.316 e. The van der Waals surface area contributed by atoms with E-state index in [2.05, 4.69) is 14.9 Å². The van der Waals surface area contributed by atoms with E-state index in [1.807, 2.05) is 24.3 Å².